The van der Waals surface area contributed by atoms with Crippen LogP contribution in [0, 0.1) is 0 Å². The van der Waals surface area contributed by atoms with Crippen LogP contribution in [0.1, 0.15) is 52.4 Å². The van der Waals surface area contributed by atoms with E-state index in [0.717, 1.165) is 13.3 Å². The van der Waals surface area contributed by atoms with Gasteiger partial charge in [-0.1, -0.05) is 39.0 Å². The van der Waals surface area contributed by atoms with Crippen molar-refractivity contribution in [3.8, 4) is 0 Å². The third-order valence-electron chi connectivity index (χ3n) is 1.51. The van der Waals surface area contributed by atoms with Crippen LogP contribution in [-0.2, 0) is 4.79 Å². The van der Waals surface area contributed by atoms with Crippen LogP contribution in [-0.4, -0.2) is 17.7 Å². The molecular weight excluding hydrogens is 191 g/mol. The summed E-state index contributed by atoms with van der Waals surface area (Å²) in [4.78, 5) is 8.89. The first-order chi connectivity index (χ1) is 6.15. The number of rotatable bonds is 6. The number of carbonyl (C=O) groups is 1. The molecular formula is C10H21NaO3. The molecule has 0 amide bonds. The smallest absolute Gasteiger partial charge is 0.550 e. The second kappa shape index (κ2) is 19.1. The Hall–Kier alpha value is 0.430. The molecule has 0 aromatic carbocycles. The molecule has 3 nitrogen and oxygen atoms in total. The van der Waals surface area contributed by atoms with Crippen LogP contribution in [0.25, 0.3) is 0 Å². The van der Waals surface area contributed by atoms with Gasteiger partial charge in [0.2, 0.25) is 0 Å². The minimum atomic E-state index is -1.08. The molecule has 0 aliphatic carbocycles. The summed E-state index contributed by atoms with van der Waals surface area (Å²) in [5, 5.41) is 17.3. The van der Waals surface area contributed by atoms with E-state index in [1.807, 2.05) is 0 Å². The third kappa shape index (κ3) is 39.3. The number of carbonyl (C=O) groups excluding carboxylic acids is 1. The maximum atomic E-state index is 8.89. The van der Waals surface area contributed by atoms with E-state index in [2.05, 4.69) is 6.92 Å². The van der Waals surface area contributed by atoms with Gasteiger partial charge in [-0.15, -0.1) is 0 Å². The van der Waals surface area contributed by atoms with Crippen molar-refractivity contribution < 1.29 is 44.6 Å². The van der Waals surface area contributed by atoms with Gasteiger partial charge < -0.3 is 15.0 Å². The summed E-state index contributed by atoms with van der Waals surface area (Å²) >= 11 is 0. The first-order valence-corrected chi connectivity index (χ1v) is 4.93. The van der Waals surface area contributed by atoms with E-state index in [0.29, 0.717) is 6.61 Å². The van der Waals surface area contributed by atoms with E-state index in [1.54, 1.807) is 0 Å². The molecule has 0 bridgehead atoms. The molecule has 0 saturated carbocycles. The summed E-state index contributed by atoms with van der Waals surface area (Å²) in [5.74, 6) is -1.08. The van der Waals surface area contributed by atoms with Gasteiger partial charge in [0.25, 0.3) is 0 Å². The Labute approximate surface area is 109 Å². The Morgan fingerprint density at radius 3 is 1.86 bits per heavy atom. The fourth-order valence-corrected chi connectivity index (χ4v) is 0.892. The van der Waals surface area contributed by atoms with Gasteiger partial charge in [0.05, 0.1) is 0 Å². The van der Waals surface area contributed by atoms with Gasteiger partial charge in [-0.3, -0.25) is 0 Å². The summed E-state index contributed by atoms with van der Waals surface area (Å²) in [6.45, 7) is 3.55. The van der Waals surface area contributed by atoms with Gasteiger partial charge in [-0.25, -0.2) is 0 Å². The van der Waals surface area contributed by atoms with E-state index < -0.39 is 5.97 Å². The second-order valence-electron chi connectivity index (χ2n) is 2.98. The van der Waals surface area contributed by atoms with E-state index >= 15 is 0 Å². The summed E-state index contributed by atoms with van der Waals surface area (Å²) in [6.07, 6.45) is 7.50. The predicted octanol–water partition coefficient (Wildman–Crippen LogP) is -1.90. The molecule has 0 spiro atoms. The van der Waals surface area contributed by atoms with E-state index in [9.17, 15) is 0 Å². The van der Waals surface area contributed by atoms with E-state index in [1.165, 1.54) is 32.1 Å². The van der Waals surface area contributed by atoms with Gasteiger partial charge in [-0.2, -0.15) is 0 Å². The van der Waals surface area contributed by atoms with Gasteiger partial charge in [0, 0.05) is 12.6 Å². The van der Waals surface area contributed by atoms with Crippen LogP contribution < -0.4 is 34.7 Å². The molecule has 0 aliphatic rings. The molecule has 0 aliphatic heterocycles. The van der Waals surface area contributed by atoms with Gasteiger partial charge in [0.1, 0.15) is 0 Å². The van der Waals surface area contributed by atoms with Crippen molar-refractivity contribution in [2.75, 3.05) is 6.61 Å². The van der Waals surface area contributed by atoms with Crippen LogP contribution in [0.5, 0.6) is 0 Å². The standard InChI is InChI=1S/C8H18O.C2H4O2.Na/c1-2-3-4-5-6-7-8-9;1-2(3)4;/h9H,2-8H2,1H3;1H3,(H,3,4);/q;;+1/p-1. The molecule has 14 heavy (non-hydrogen) atoms. The molecule has 0 unspecified atom stereocenters. The normalized spacial score (nSPS) is 8.21. The number of aliphatic hydroxyl groups is 1. The number of hydrogen-bond acceptors (Lipinski definition) is 3. The molecule has 0 atom stereocenters. The average molecular weight is 212 g/mol. The maximum Gasteiger partial charge on any atom is 1.00 e. The SMILES string of the molecule is CC(=O)[O-].CCCCCCCCO.[Na+]. The number of unbranched alkanes of at least 4 members (excludes halogenated alkanes) is 5. The van der Waals surface area contributed by atoms with Gasteiger partial charge in [0.15, 0.2) is 0 Å². The molecule has 0 fully saturated rings. The molecule has 0 radical (unpaired) electrons. The molecule has 0 aromatic rings. The third-order valence-corrected chi connectivity index (χ3v) is 1.51. The van der Waals surface area contributed by atoms with Gasteiger partial charge in [-0.05, 0) is 13.3 Å². The van der Waals surface area contributed by atoms with Crippen LogP contribution in [0.15, 0.2) is 0 Å². The second-order valence-corrected chi connectivity index (χ2v) is 2.98. The number of carboxylic acids is 1. The number of carboxylic acid groups (broad SMARTS) is 1. The fourth-order valence-electron chi connectivity index (χ4n) is 0.892. The molecule has 80 valence electrons. The van der Waals surface area contributed by atoms with Crippen molar-refractivity contribution in [3.05, 3.63) is 0 Å². The number of hydrogen-bond donors (Lipinski definition) is 1. The summed E-state index contributed by atoms with van der Waals surface area (Å²) in [5.41, 5.74) is 0. The largest absolute Gasteiger partial charge is 1.00 e. The Morgan fingerprint density at radius 2 is 1.50 bits per heavy atom. The number of aliphatic hydroxyl groups excluding tert-OH is 1. The Morgan fingerprint density at radius 1 is 1.14 bits per heavy atom. The average Bonchev–Trinajstić information content (AvgIpc) is 2.03. The van der Waals surface area contributed by atoms with Crippen molar-refractivity contribution >= 4 is 5.97 Å². The zero-order valence-electron chi connectivity index (χ0n) is 9.71. The van der Waals surface area contributed by atoms with Crippen molar-refractivity contribution in [1.82, 2.24) is 0 Å². The monoisotopic (exact) mass is 212 g/mol. The van der Waals surface area contributed by atoms with Crippen molar-refractivity contribution in [3.63, 3.8) is 0 Å². The van der Waals surface area contributed by atoms with Gasteiger partial charge >= 0.3 is 29.6 Å². The summed E-state index contributed by atoms with van der Waals surface area (Å²) in [6, 6.07) is 0. The Kier molecular flexibility index (Phi) is 27.1. The van der Waals surface area contributed by atoms with Crippen LogP contribution in [0.4, 0.5) is 0 Å². The fraction of sp³-hybridized carbons (Fsp3) is 0.900. The van der Waals surface area contributed by atoms with E-state index in [4.69, 9.17) is 15.0 Å². The van der Waals surface area contributed by atoms with Crippen molar-refractivity contribution in [2.24, 2.45) is 0 Å². The predicted molar refractivity (Wildman–Crippen MR) is 51.1 cm³/mol. The molecule has 4 heteroatoms. The zero-order chi connectivity index (χ0) is 10.5. The molecule has 0 heterocycles. The van der Waals surface area contributed by atoms with Crippen LogP contribution >= 0.6 is 0 Å². The van der Waals surface area contributed by atoms with Crippen LogP contribution in [0.3, 0.4) is 0 Å². The maximum absolute atomic E-state index is 8.89. The molecule has 0 saturated heterocycles. The Balaban J connectivity index is -0.000000209. The molecule has 0 aromatic heterocycles. The van der Waals surface area contributed by atoms with Crippen molar-refractivity contribution in [1.29, 1.82) is 0 Å². The summed E-state index contributed by atoms with van der Waals surface area (Å²) < 4.78 is 0. The minimum Gasteiger partial charge on any atom is -0.550 e. The number of aliphatic carboxylic acids is 1. The topological polar surface area (TPSA) is 60.4 Å². The van der Waals surface area contributed by atoms with Crippen LogP contribution in [0.2, 0.25) is 0 Å². The minimum absolute atomic E-state index is 0. The molecule has 0 rings (SSSR count). The molecule has 1 N–H and O–H groups in total. The first kappa shape index (κ1) is 19.9. The summed E-state index contributed by atoms with van der Waals surface area (Å²) in [7, 11) is 0. The Bertz CT molecular complexity index is 97.5. The zero-order valence-corrected chi connectivity index (χ0v) is 11.7. The van der Waals surface area contributed by atoms with E-state index in [-0.39, 0.29) is 29.6 Å². The quantitative estimate of drug-likeness (QED) is 0.413. The van der Waals surface area contributed by atoms with Crippen molar-refractivity contribution in [2.45, 2.75) is 52.4 Å². The first-order valence-electron chi connectivity index (χ1n) is 4.93.